The number of nitrogens with one attached hydrogen (secondary N) is 1. The van der Waals surface area contributed by atoms with Crippen molar-refractivity contribution in [3.63, 3.8) is 0 Å². The lowest BCUT2D eigenvalue weighted by molar-refractivity contribution is -0.116. The topological polar surface area (TPSA) is 68.4 Å². The highest BCUT2D eigenvalue weighted by atomic mass is 16.7. The predicted molar refractivity (Wildman–Crippen MR) is 77.2 cm³/mol. The van der Waals surface area contributed by atoms with Gasteiger partial charge in [-0.05, 0) is 34.6 Å². The lowest BCUT2D eigenvalue weighted by atomic mass is 9.77. The molecule has 1 aliphatic rings. The molecule has 0 bridgehead atoms. The van der Waals surface area contributed by atoms with E-state index < -0.39 is 18.3 Å². The fourth-order valence-electron chi connectivity index (χ4n) is 2.11. The van der Waals surface area contributed by atoms with Gasteiger partial charge in [0.1, 0.15) is 5.78 Å². The van der Waals surface area contributed by atoms with Gasteiger partial charge in [-0.25, -0.2) is 0 Å². The Labute approximate surface area is 118 Å². The Morgan fingerprint density at radius 1 is 1.20 bits per heavy atom. The van der Waals surface area contributed by atoms with Crippen LogP contribution < -0.4 is 11.0 Å². The molecule has 0 atom stereocenters. The fourth-order valence-corrected chi connectivity index (χ4v) is 2.11. The zero-order valence-corrected chi connectivity index (χ0v) is 12.6. The number of hydrogen-bond donors (Lipinski definition) is 1. The van der Waals surface area contributed by atoms with Crippen LogP contribution in [0.25, 0.3) is 0 Å². The number of H-pyrrole nitrogens is 1. The number of pyridine rings is 1. The van der Waals surface area contributed by atoms with E-state index in [1.807, 2.05) is 27.7 Å². The number of carbonyl (C=O) groups excluding carboxylic acids is 1. The highest BCUT2D eigenvalue weighted by molar-refractivity contribution is 6.62. The maximum absolute atomic E-state index is 11.4. The zero-order valence-electron chi connectivity index (χ0n) is 12.6. The summed E-state index contributed by atoms with van der Waals surface area (Å²) in [6, 6.07) is 3.09. The molecule has 0 aromatic carbocycles. The first-order chi connectivity index (χ1) is 9.12. The Bertz CT molecular complexity index is 575. The minimum atomic E-state index is -0.578. The van der Waals surface area contributed by atoms with E-state index in [0.29, 0.717) is 11.2 Å². The molecule has 0 aliphatic carbocycles. The van der Waals surface area contributed by atoms with E-state index in [1.165, 1.54) is 13.0 Å². The molecule has 0 amide bonds. The normalized spacial score (nSPS) is 20.1. The molecule has 1 fully saturated rings. The molecule has 1 aromatic rings. The monoisotopic (exact) mass is 277 g/mol. The smallest absolute Gasteiger partial charge is 0.399 e. The fraction of sp³-hybridized carbons (Fsp3) is 0.571. The number of carbonyl (C=O) groups is 1. The second-order valence-electron chi connectivity index (χ2n) is 6.22. The summed E-state index contributed by atoms with van der Waals surface area (Å²) < 4.78 is 11.9. The zero-order chi connectivity index (χ0) is 15.1. The minimum Gasteiger partial charge on any atom is -0.399 e. The lowest BCUT2D eigenvalue weighted by Gasteiger charge is -2.32. The summed E-state index contributed by atoms with van der Waals surface area (Å²) in [5.41, 5.74) is 0.117. The van der Waals surface area contributed by atoms with E-state index in [1.54, 1.807) is 6.07 Å². The molecule has 1 N–H and O–H groups in total. The van der Waals surface area contributed by atoms with Crippen molar-refractivity contribution in [3.8, 4) is 0 Å². The Hall–Kier alpha value is -1.40. The molecule has 0 saturated carbocycles. The summed E-state index contributed by atoms with van der Waals surface area (Å²) in [5, 5.41) is 0. The van der Waals surface area contributed by atoms with Gasteiger partial charge >= 0.3 is 7.12 Å². The van der Waals surface area contributed by atoms with Gasteiger partial charge in [0.05, 0.1) is 11.2 Å². The summed E-state index contributed by atoms with van der Waals surface area (Å²) in [5.74, 6) is -0.0235. The molecule has 0 unspecified atom stereocenters. The molecule has 1 saturated heterocycles. The second-order valence-corrected chi connectivity index (χ2v) is 6.22. The molecule has 1 aromatic heterocycles. The van der Waals surface area contributed by atoms with Crippen LogP contribution in [0.1, 0.15) is 40.3 Å². The Morgan fingerprint density at radius 3 is 2.25 bits per heavy atom. The van der Waals surface area contributed by atoms with Crippen LogP contribution in [0.3, 0.4) is 0 Å². The van der Waals surface area contributed by atoms with Gasteiger partial charge in [0.15, 0.2) is 0 Å². The third-order valence-corrected chi connectivity index (χ3v) is 3.97. The number of aromatic nitrogens is 1. The van der Waals surface area contributed by atoms with Crippen molar-refractivity contribution in [1.29, 1.82) is 0 Å². The van der Waals surface area contributed by atoms with E-state index in [4.69, 9.17) is 9.31 Å². The average Bonchev–Trinajstić information content (AvgIpc) is 2.46. The van der Waals surface area contributed by atoms with E-state index in [-0.39, 0.29) is 17.8 Å². The highest BCUT2D eigenvalue weighted by Crippen LogP contribution is 2.36. The lowest BCUT2D eigenvalue weighted by Crippen LogP contribution is -2.41. The van der Waals surface area contributed by atoms with Gasteiger partial charge < -0.3 is 14.3 Å². The first kappa shape index (κ1) is 15.0. The van der Waals surface area contributed by atoms with Crippen molar-refractivity contribution in [2.45, 2.75) is 52.2 Å². The van der Waals surface area contributed by atoms with Crippen LogP contribution in [0.15, 0.2) is 16.9 Å². The molecule has 20 heavy (non-hydrogen) atoms. The van der Waals surface area contributed by atoms with Gasteiger partial charge in [-0.3, -0.25) is 9.59 Å². The van der Waals surface area contributed by atoms with Crippen molar-refractivity contribution in [2.75, 3.05) is 0 Å². The van der Waals surface area contributed by atoms with Crippen molar-refractivity contribution >= 4 is 18.4 Å². The minimum absolute atomic E-state index is 0.0235. The van der Waals surface area contributed by atoms with E-state index in [0.717, 1.165) is 0 Å². The first-order valence-electron chi connectivity index (χ1n) is 6.69. The molecule has 2 rings (SSSR count). The summed E-state index contributed by atoms with van der Waals surface area (Å²) in [6.07, 6.45) is 0.162. The maximum Gasteiger partial charge on any atom is 0.496 e. The molecule has 0 spiro atoms. The Balaban J connectivity index is 2.39. The summed E-state index contributed by atoms with van der Waals surface area (Å²) in [6.45, 7) is 9.33. The van der Waals surface area contributed by atoms with Gasteiger partial charge in [-0.15, -0.1) is 0 Å². The Kier molecular flexibility index (Phi) is 3.65. The number of Topliss-reactive ketones (excluding diaryl/α,β-unsaturated/α-hetero) is 1. The van der Waals surface area contributed by atoms with Crippen LogP contribution in [0.5, 0.6) is 0 Å². The molecule has 108 valence electrons. The summed E-state index contributed by atoms with van der Waals surface area (Å²) >= 11 is 0. The average molecular weight is 277 g/mol. The highest BCUT2D eigenvalue weighted by Gasteiger charge is 2.52. The molecule has 1 aliphatic heterocycles. The number of rotatable bonds is 3. The van der Waals surface area contributed by atoms with Gasteiger partial charge in [0.2, 0.25) is 5.56 Å². The molecule has 6 heteroatoms. The van der Waals surface area contributed by atoms with Crippen LogP contribution in [-0.4, -0.2) is 29.1 Å². The quantitative estimate of drug-likeness (QED) is 0.830. The Morgan fingerprint density at radius 2 is 1.75 bits per heavy atom. The predicted octanol–water partition coefficient (Wildman–Crippen LogP) is 0.806. The SMILES string of the molecule is CC(=O)Cc1[nH]c(=O)ccc1B1OC(C)(C)C(C)(C)O1. The molecular weight excluding hydrogens is 257 g/mol. The van der Waals surface area contributed by atoms with Gasteiger partial charge in [-0.1, -0.05) is 6.07 Å². The summed E-state index contributed by atoms with van der Waals surface area (Å²) in [7, 11) is -0.578. The second kappa shape index (κ2) is 4.86. The van der Waals surface area contributed by atoms with Crippen molar-refractivity contribution < 1.29 is 14.1 Å². The number of hydrogen-bond acceptors (Lipinski definition) is 4. The van der Waals surface area contributed by atoms with Gasteiger partial charge in [0, 0.05) is 23.6 Å². The molecular formula is C14H20BNO4. The van der Waals surface area contributed by atoms with E-state index in [9.17, 15) is 9.59 Å². The van der Waals surface area contributed by atoms with Gasteiger partial charge in [-0.2, -0.15) is 0 Å². The van der Waals surface area contributed by atoms with Crippen molar-refractivity contribution in [2.24, 2.45) is 0 Å². The largest absolute Gasteiger partial charge is 0.496 e. The third kappa shape index (κ3) is 2.71. The maximum atomic E-state index is 11.4. The van der Waals surface area contributed by atoms with E-state index >= 15 is 0 Å². The van der Waals surface area contributed by atoms with E-state index in [2.05, 4.69) is 4.98 Å². The number of ketones is 1. The molecule has 5 nitrogen and oxygen atoms in total. The van der Waals surface area contributed by atoms with Crippen LogP contribution in [-0.2, 0) is 20.5 Å². The van der Waals surface area contributed by atoms with Crippen LogP contribution >= 0.6 is 0 Å². The van der Waals surface area contributed by atoms with Crippen molar-refractivity contribution in [1.82, 2.24) is 4.98 Å². The molecule has 0 radical (unpaired) electrons. The summed E-state index contributed by atoms with van der Waals surface area (Å²) in [4.78, 5) is 25.5. The van der Waals surface area contributed by atoms with Crippen LogP contribution in [0.4, 0.5) is 0 Å². The molecule has 2 heterocycles. The van der Waals surface area contributed by atoms with Crippen LogP contribution in [0.2, 0.25) is 0 Å². The standard InChI is InChI=1S/C14H20BNO4/c1-9(17)8-11-10(6-7-12(18)16-11)15-19-13(2,3)14(4,5)20-15/h6-7H,8H2,1-5H3,(H,16,18). The third-order valence-electron chi connectivity index (χ3n) is 3.97. The van der Waals surface area contributed by atoms with Crippen molar-refractivity contribution in [3.05, 3.63) is 28.2 Å². The van der Waals surface area contributed by atoms with Gasteiger partial charge in [0.25, 0.3) is 0 Å². The van der Waals surface area contributed by atoms with Crippen LogP contribution in [0, 0.1) is 0 Å². The first-order valence-corrected chi connectivity index (χ1v) is 6.69. The number of aromatic amines is 1.